The molecular formula is C33H40FN3O5S. The number of amides is 2. The van der Waals surface area contributed by atoms with Crippen LogP contribution in [0.25, 0.3) is 0 Å². The molecule has 2 amide bonds. The second-order valence-electron chi connectivity index (χ2n) is 10.7. The molecule has 0 aliphatic heterocycles. The van der Waals surface area contributed by atoms with Crippen LogP contribution >= 0.6 is 0 Å². The number of hydrogen-bond donors (Lipinski definition) is 1. The van der Waals surface area contributed by atoms with Crippen LogP contribution in [0.4, 0.5) is 10.1 Å². The van der Waals surface area contributed by atoms with E-state index in [0.29, 0.717) is 18.8 Å². The van der Waals surface area contributed by atoms with E-state index in [-0.39, 0.29) is 29.1 Å². The van der Waals surface area contributed by atoms with E-state index in [1.807, 2.05) is 44.2 Å². The molecule has 1 aliphatic rings. The van der Waals surface area contributed by atoms with Gasteiger partial charge in [0, 0.05) is 12.6 Å². The molecule has 10 heteroatoms. The third kappa shape index (κ3) is 8.34. The minimum atomic E-state index is -4.30. The smallest absolute Gasteiger partial charge is 0.264 e. The quantitative estimate of drug-likeness (QED) is 0.269. The molecule has 1 aliphatic carbocycles. The summed E-state index contributed by atoms with van der Waals surface area (Å²) >= 11 is 0. The molecule has 0 saturated heterocycles. The van der Waals surface area contributed by atoms with Crippen molar-refractivity contribution in [2.75, 3.05) is 17.5 Å². The van der Waals surface area contributed by atoms with Crippen LogP contribution in [0.5, 0.6) is 5.75 Å². The third-order valence-corrected chi connectivity index (χ3v) is 9.44. The summed E-state index contributed by atoms with van der Waals surface area (Å²) in [5.74, 6) is -0.805. The minimum Gasteiger partial charge on any atom is -0.494 e. The van der Waals surface area contributed by atoms with Crippen LogP contribution < -0.4 is 14.4 Å². The molecular weight excluding hydrogens is 569 g/mol. The van der Waals surface area contributed by atoms with Crippen molar-refractivity contribution in [3.05, 3.63) is 90.2 Å². The number of nitrogens with one attached hydrogen (secondary N) is 1. The summed E-state index contributed by atoms with van der Waals surface area (Å²) in [5.41, 5.74) is 1.05. The fourth-order valence-corrected chi connectivity index (χ4v) is 6.80. The number of carbonyl (C=O) groups excluding carboxylic acids is 2. The minimum absolute atomic E-state index is 0.0585. The maximum Gasteiger partial charge on any atom is 0.264 e. The fraction of sp³-hybridized carbons (Fsp3) is 0.394. The summed E-state index contributed by atoms with van der Waals surface area (Å²) in [6.07, 6.45) is 5.39. The van der Waals surface area contributed by atoms with Crippen molar-refractivity contribution in [3.8, 4) is 5.75 Å². The van der Waals surface area contributed by atoms with Gasteiger partial charge in [-0.3, -0.25) is 13.9 Å². The van der Waals surface area contributed by atoms with Crippen molar-refractivity contribution in [1.29, 1.82) is 0 Å². The van der Waals surface area contributed by atoms with E-state index in [2.05, 4.69) is 5.32 Å². The zero-order chi connectivity index (χ0) is 30.8. The summed E-state index contributed by atoms with van der Waals surface area (Å²) in [4.78, 5) is 29.1. The Kier molecular flexibility index (Phi) is 11.2. The highest BCUT2D eigenvalue weighted by Gasteiger charge is 2.34. The second kappa shape index (κ2) is 15.0. The summed E-state index contributed by atoms with van der Waals surface area (Å²) in [6, 6.07) is 19.4. The monoisotopic (exact) mass is 609 g/mol. The second-order valence-corrected chi connectivity index (χ2v) is 12.5. The van der Waals surface area contributed by atoms with Crippen molar-refractivity contribution in [3.63, 3.8) is 0 Å². The van der Waals surface area contributed by atoms with Crippen molar-refractivity contribution >= 4 is 27.5 Å². The van der Waals surface area contributed by atoms with Crippen molar-refractivity contribution in [1.82, 2.24) is 10.2 Å². The lowest BCUT2D eigenvalue weighted by Gasteiger charge is -2.34. The predicted octanol–water partition coefficient (Wildman–Crippen LogP) is 5.68. The lowest BCUT2D eigenvalue weighted by Crippen LogP contribution is -2.54. The van der Waals surface area contributed by atoms with Gasteiger partial charge in [0.15, 0.2) is 0 Å². The molecule has 8 nitrogen and oxygen atoms in total. The molecule has 3 aromatic rings. The number of sulfonamides is 1. The fourth-order valence-electron chi connectivity index (χ4n) is 5.38. The van der Waals surface area contributed by atoms with E-state index in [9.17, 15) is 22.4 Å². The number of hydrogen-bond acceptors (Lipinski definition) is 5. The average Bonchev–Trinajstić information content (AvgIpc) is 3.01. The van der Waals surface area contributed by atoms with Gasteiger partial charge in [-0.2, -0.15) is 0 Å². The maximum absolute atomic E-state index is 14.2. The number of benzene rings is 3. The Labute approximate surface area is 253 Å². The first-order valence-electron chi connectivity index (χ1n) is 14.9. The summed E-state index contributed by atoms with van der Waals surface area (Å²) < 4.78 is 48.1. The van der Waals surface area contributed by atoms with Gasteiger partial charge in [0.25, 0.3) is 10.0 Å². The average molecular weight is 610 g/mol. The molecule has 4 rings (SSSR count). The highest BCUT2D eigenvalue weighted by atomic mass is 32.2. The van der Waals surface area contributed by atoms with Crippen LogP contribution in [-0.2, 0) is 26.2 Å². The molecule has 0 aromatic heterocycles. The van der Waals surface area contributed by atoms with Gasteiger partial charge >= 0.3 is 0 Å². The van der Waals surface area contributed by atoms with E-state index >= 15 is 0 Å². The van der Waals surface area contributed by atoms with Crippen LogP contribution in [0.15, 0.2) is 83.8 Å². The molecule has 43 heavy (non-hydrogen) atoms. The zero-order valence-electron chi connectivity index (χ0n) is 24.7. The topological polar surface area (TPSA) is 96.0 Å². The molecule has 0 bridgehead atoms. The van der Waals surface area contributed by atoms with Crippen molar-refractivity contribution in [2.45, 2.75) is 75.9 Å². The van der Waals surface area contributed by atoms with Gasteiger partial charge in [0.05, 0.1) is 17.2 Å². The third-order valence-electron chi connectivity index (χ3n) is 7.65. The zero-order valence-corrected chi connectivity index (χ0v) is 25.6. The van der Waals surface area contributed by atoms with Gasteiger partial charge in [-0.1, -0.05) is 56.5 Å². The van der Waals surface area contributed by atoms with E-state index < -0.39 is 34.3 Å². The van der Waals surface area contributed by atoms with Crippen LogP contribution in [0, 0.1) is 5.82 Å². The summed E-state index contributed by atoms with van der Waals surface area (Å²) in [7, 11) is -4.30. The SMILES string of the molecule is CCOc1ccc(N(CC(=O)N(Cc2ccccc2)[C@@H](CC)C(=O)NC2CCCCC2)S(=O)(=O)c2ccc(F)cc2)cc1. The van der Waals surface area contributed by atoms with E-state index in [4.69, 9.17) is 4.74 Å². The van der Waals surface area contributed by atoms with E-state index in [1.165, 1.54) is 17.0 Å². The molecule has 230 valence electrons. The number of nitrogens with zero attached hydrogens (tertiary/aromatic N) is 2. The van der Waals surface area contributed by atoms with Crippen LogP contribution in [0.3, 0.4) is 0 Å². The van der Waals surface area contributed by atoms with Crippen molar-refractivity contribution in [2.24, 2.45) is 0 Å². The Morgan fingerprint density at radius 1 is 0.930 bits per heavy atom. The lowest BCUT2D eigenvalue weighted by molar-refractivity contribution is -0.140. The first-order valence-corrected chi connectivity index (χ1v) is 16.3. The molecule has 1 atom stereocenters. The largest absolute Gasteiger partial charge is 0.494 e. The predicted molar refractivity (Wildman–Crippen MR) is 165 cm³/mol. The van der Waals surface area contributed by atoms with Gasteiger partial charge in [-0.15, -0.1) is 0 Å². The summed E-state index contributed by atoms with van der Waals surface area (Å²) in [6.45, 7) is 3.69. The Hall–Kier alpha value is -3.92. The Bertz CT molecular complexity index is 1440. The van der Waals surface area contributed by atoms with Crippen LogP contribution in [0.2, 0.25) is 0 Å². The molecule has 1 saturated carbocycles. The number of rotatable bonds is 13. The number of anilines is 1. The normalized spacial score (nSPS) is 14.5. The number of halogens is 1. The van der Waals surface area contributed by atoms with Gasteiger partial charge in [-0.25, -0.2) is 12.8 Å². The standard InChI is InChI=1S/C33H40FN3O5S/c1-3-31(33(39)35-27-13-9-6-10-14-27)36(23-25-11-7-5-8-12-25)32(38)24-37(28-17-19-29(20-18-28)42-4-2)43(40,41)30-21-15-26(34)16-22-30/h5,7-8,11-12,15-22,27,31H,3-4,6,9-10,13-14,23-24H2,1-2H3,(H,35,39)/t31-/m0/s1. The summed E-state index contributed by atoms with van der Waals surface area (Å²) in [5, 5.41) is 3.14. The lowest BCUT2D eigenvalue weighted by atomic mass is 9.95. The molecule has 1 fully saturated rings. The maximum atomic E-state index is 14.2. The van der Waals surface area contributed by atoms with Crippen LogP contribution in [-0.4, -0.2) is 50.4 Å². The number of carbonyl (C=O) groups is 2. The highest BCUT2D eigenvalue weighted by molar-refractivity contribution is 7.92. The van der Waals surface area contributed by atoms with Gasteiger partial charge in [0.2, 0.25) is 11.8 Å². The van der Waals surface area contributed by atoms with Gasteiger partial charge in [0.1, 0.15) is 24.2 Å². The molecule has 0 spiro atoms. The Morgan fingerprint density at radius 2 is 1.58 bits per heavy atom. The Morgan fingerprint density at radius 3 is 2.19 bits per heavy atom. The molecule has 0 radical (unpaired) electrons. The Balaban J connectivity index is 1.69. The molecule has 3 aromatic carbocycles. The molecule has 0 heterocycles. The van der Waals surface area contributed by atoms with Gasteiger partial charge < -0.3 is 15.0 Å². The van der Waals surface area contributed by atoms with Crippen LogP contribution in [0.1, 0.15) is 57.9 Å². The molecule has 0 unspecified atom stereocenters. The van der Waals surface area contributed by atoms with Crippen molar-refractivity contribution < 1.29 is 27.1 Å². The molecule has 1 N–H and O–H groups in total. The van der Waals surface area contributed by atoms with Gasteiger partial charge in [-0.05, 0) is 80.3 Å². The first-order chi connectivity index (χ1) is 20.7. The van der Waals surface area contributed by atoms with E-state index in [1.54, 1.807) is 24.3 Å². The first kappa shape index (κ1) is 32.0. The highest BCUT2D eigenvalue weighted by Crippen LogP contribution is 2.27. The van der Waals surface area contributed by atoms with E-state index in [0.717, 1.165) is 54.1 Å². The number of ether oxygens (including phenoxy) is 1.